The molecular formula is C17H15F4N3O2. The van der Waals surface area contributed by atoms with Crippen molar-refractivity contribution in [3.05, 3.63) is 59.9 Å². The molecule has 0 bridgehead atoms. The van der Waals surface area contributed by atoms with Gasteiger partial charge in [0.1, 0.15) is 12.4 Å². The number of hydrogen-bond donors (Lipinski definition) is 3. The van der Waals surface area contributed by atoms with Crippen molar-refractivity contribution in [2.24, 2.45) is 0 Å². The fraction of sp³-hybridized carbons (Fsp3) is 0.176. The minimum atomic E-state index is -4.46. The number of rotatable bonds is 5. The molecule has 2 aromatic rings. The first-order valence-electron chi connectivity index (χ1n) is 7.47. The first kappa shape index (κ1) is 19.2. The molecule has 0 spiro atoms. The topological polar surface area (TPSA) is 70.2 Å². The average Bonchev–Trinajstić information content (AvgIpc) is 2.56. The van der Waals surface area contributed by atoms with E-state index in [9.17, 15) is 27.2 Å². The van der Waals surface area contributed by atoms with Crippen molar-refractivity contribution in [2.45, 2.75) is 12.6 Å². The highest BCUT2D eigenvalue weighted by molar-refractivity contribution is 5.99. The van der Waals surface area contributed by atoms with Crippen molar-refractivity contribution in [2.75, 3.05) is 17.2 Å². The molecule has 2 aromatic carbocycles. The molecule has 0 aliphatic heterocycles. The van der Waals surface area contributed by atoms with Gasteiger partial charge in [0.2, 0.25) is 5.91 Å². The van der Waals surface area contributed by atoms with E-state index < -0.39 is 30.5 Å². The molecule has 26 heavy (non-hydrogen) atoms. The summed E-state index contributed by atoms with van der Waals surface area (Å²) in [5.74, 6) is -1.18. The van der Waals surface area contributed by atoms with Gasteiger partial charge < -0.3 is 16.0 Å². The number of halogens is 4. The number of benzene rings is 2. The van der Waals surface area contributed by atoms with Crippen molar-refractivity contribution in [3.63, 3.8) is 0 Å². The smallest absolute Gasteiger partial charge is 0.347 e. The van der Waals surface area contributed by atoms with E-state index in [1.165, 1.54) is 48.5 Å². The third kappa shape index (κ3) is 6.80. The van der Waals surface area contributed by atoms with Crippen molar-refractivity contribution >= 4 is 23.3 Å². The molecule has 138 valence electrons. The van der Waals surface area contributed by atoms with Gasteiger partial charge in [-0.3, -0.25) is 4.79 Å². The molecule has 0 fully saturated rings. The molecule has 3 N–H and O–H groups in total. The van der Waals surface area contributed by atoms with Gasteiger partial charge in [-0.1, -0.05) is 12.1 Å². The Balaban J connectivity index is 1.83. The average molecular weight is 369 g/mol. The Bertz CT molecular complexity index is 759. The summed E-state index contributed by atoms with van der Waals surface area (Å²) in [6.45, 7) is -1.38. The molecule has 0 aliphatic rings. The standard InChI is InChI=1S/C17H15F4N3O2/c18-12-3-7-14(8-4-12)24-16(26)23-13-5-1-11(2-6-13)9-15(25)22-10-17(19,20)21/h1-8H,9-10H2,(H,22,25)(H2,23,24,26). The number of nitrogens with one attached hydrogen (secondary N) is 3. The van der Waals surface area contributed by atoms with Gasteiger partial charge >= 0.3 is 12.2 Å². The van der Waals surface area contributed by atoms with E-state index in [-0.39, 0.29) is 6.42 Å². The predicted molar refractivity (Wildman–Crippen MR) is 88.3 cm³/mol. The fourth-order valence-corrected chi connectivity index (χ4v) is 1.98. The number of hydrogen-bond acceptors (Lipinski definition) is 2. The van der Waals surface area contributed by atoms with Crippen LogP contribution in [0.15, 0.2) is 48.5 Å². The Kier molecular flexibility index (Phi) is 6.16. The third-order valence-corrected chi connectivity index (χ3v) is 3.16. The van der Waals surface area contributed by atoms with Crippen molar-refractivity contribution in [1.29, 1.82) is 0 Å². The third-order valence-electron chi connectivity index (χ3n) is 3.16. The van der Waals surface area contributed by atoms with Crippen molar-refractivity contribution < 1.29 is 27.2 Å². The van der Waals surface area contributed by atoms with Crippen molar-refractivity contribution in [1.82, 2.24) is 5.32 Å². The predicted octanol–water partition coefficient (Wildman–Crippen LogP) is 3.69. The molecule has 0 aliphatic carbocycles. The monoisotopic (exact) mass is 369 g/mol. The fourth-order valence-electron chi connectivity index (χ4n) is 1.98. The van der Waals surface area contributed by atoms with Crippen LogP contribution in [0.3, 0.4) is 0 Å². The number of urea groups is 1. The van der Waals surface area contributed by atoms with E-state index >= 15 is 0 Å². The summed E-state index contributed by atoms with van der Waals surface area (Å²) in [6, 6.07) is 10.7. The van der Waals surface area contributed by atoms with Gasteiger partial charge in [0.15, 0.2) is 0 Å². The number of carbonyl (C=O) groups excluding carboxylic acids is 2. The highest BCUT2D eigenvalue weighted by atomic mass is 19.4. The molecule has 0 heterocycles. The Morgan fingerprint density at radius 1 is 0.846 bits per heavy atom. The Hall–Kier alpha value is -3.10. The second-order valence-corrected chi connectivity index (χ2v) is 5.35. The molecule has 2 rings (SSSR count). The lowest BCUT2D eigenvalue weighted by molar-refractivity contribution is -0.138. The highest BCUT2D eigenvalue weighted by Gasteiger charge is 2.27. The summed E-state index contributed by atoms with van der Waals surface area (Å²) in [6.07, 6.45) is -4.67. The van der Waals surface area contributed by atoms with E-state index in [1.807, 2.05) is 0 Å². The van der Waals surface area contributed by atoms with Crippen LogP contribution in [0.4, 0.5) is 33.7 Å². The van der Waals surface area contributed by atoms with Crippen LogP contribution in [0.1, 0.15) is 5.56 Å². The summed E-state index contributed by atoms with van der Waals surface area (Å²) >= 11 is 0. The Morgan fingerprint density at radius 3 is 1.85 bits per heavy atom. The first-order valence-corrected chi connectivity index (χ1v) is 7.47. The molecule has 0 aromatic heterocycles. The number of amides is 3. The molecule has 0 radical (unpaired) electrons. The summed E-state index contributed by atoms with van der Waals surface area (Å²) in [5, 5.41) is 6.82. The van der Waals surface area contributed by atoms with Crippen LogP contribution >= 0.6 is 0 Å². The van der Waals surface area contributed by atoms with Crippen molar-refractivity contribution in [3.8, 4) is 0 Å². The molecule has 5 nitrogen and oxygen atoms in total. The molecule has 3 amide bonds. The van der Waals surface area contributed by atoms with Gasteiger partial charge in [0, 0.05) is 11.4 Å². The Labute approximate surface area is 146 Å². The van der Waals surface area contributed by atoms with E-state index in [4.69, 9.17) is 0 Å². The lowest BCUT2D eigenvalue weighted by atomic mass is 10.1. The molecule has 0 unspecified atom stereocenters. The first-order chi connectivity index (χ1) is 12.2. The maximum absolute atomic E-state index is 12.8. The molecule has 0 saturated heterocycles. The largest absolute Gasteiger partial charge is 0.405 e. The number of alkyl halides is 3. The minimum absolute atomic E-state index is 0.210. The summed E-state index contributed by atoms with van der Waals surface area (Å²) in [4.78, 5) is 23.3. The number of anilines is 2. The van der Waals surface area contributed by atoms with Crippen LogP contribution in [-0.2, 0) is 11.2 Å². The maximum atomic E-state index is 12.8. The summed E-state index contributed by atoms with van der Waals surface area (Å²) < 4.78 is 48.9. The number of carbonyl (C=O) groups is 2. The van der Waals surface area contributed by atoms with Crippen LogP contribution < -0.4 is 16.0 Å². The minimum Gasteiger partial charge on any atom is -0.347 e. The normalized spacial score (nSPS) is 10.9. The zero-order valence-corrected chi connectivity index (χ0v) is 13.4. The van der Waals surface area contributed by atoms with Gasteiger partial charge in [-0.25, -0.2) is 9.18 Å². The van der Waals surface area contributed by atoms with Crippen LogP contribution in [0, 0.1) is 5.82 Å². The van der Waals surface area contributed by atoms with Gasteiger partial charge in [-0.05, 0) is 42.0 Å². The van der Waals surface area contributed by atoms with Gasteiger partial charge in [-0.15, -0.1) is 0 Å². The zero-order valence-electron chi connectivity index (χ0n) is 13.4. The quantitative estimate of drug-likeness (QED) is 0.704. The van der Waals surface area contributed by atoms with Gasteiger partial charge in [-0.2, -0.15) is 13.2 Å². The van der Waals surface area contributed by atoms with E-state index in [0.29, 0.717) is 16.9 Å². The lowest BCUT2D eigenvalue weighted by Crippen LogP contribution is -2.34. The van der Waals surface area contributed by atoms with E-state index in [2.05, 4.69) is 10.6 Å². The van der Waals surface area contributed by atoms with Crippen LogP contribution in [0.5, 0.6) is 0 Å². The van der Waals surface area contributed by atoms with Gasteiger partial charge in [0.25, 0.3) is 0 Å². The van der Waals surface area contributed by atoms with E-state index in [0.717, 1.165) is 0 Å². The lowest BCUT2D eigenvalue weighted by Gasteiger charge is -2.10. The maximum Gasteiger partial charge on any atom is 0.405 e. The molecule has 0 saturated carbocycles. The van der Waals surface area contributed by atoms with Crippen LogP contribution in [0.2, 0.25) is 0 Å². The summed E-state index contributed by atoms with van der Waals surface area (Å²) in [5.41, 5.74) is 1.32. The highest BCUT2D eigenvalue weighted by Crippen LogP contribution is 2.14. The second-order valence-electron chi connectivity index (χ2n) is 5.35. The van der Waals surface area contributed by atoms with Crippen LogP contribution in [0.25, 0.3) is 0 Å². The molecule has 9 heteroatoms. The van der Waals surface area contributed by atoms with Crippen LogP contribution in [-0.4, -0.2) is 24.7 Å². The Morgan fingerprint density at radius 2 is 1.35 bits per heavy atom. The zero-order chi connectivity index (χ0) is 19.2. The molecule has 0 atom stereocenters. The van der Waals surface area contributed by atoms with E-state index in [1.54, 1.807) is 5.32 Å². The van der Waals surface area contributed by atoms with Gasteiger partial charge in [0.05, 0.1) is 6.42 Å². The molecular weight excluding hydrogens is 354 g/mol. The SMILES string of the molecule is O=C(Cc1ccc(NC(=O)Nc2ccc(F)cc2)cc1)NCC(F)(F)F. The summed E-state index contributed by atoms with van der Waals surface area (Å²) in [7, 11) is 0. The second kappa shape index (κ2) is 8.32.